The van der Waals surface area contributed by atoms with Crippen molar-refractivity contribution in [3.8, 4) is 5.75 Å². The summed E-state index contributed by atoms with van der Waals surface area (Å²) in [4.78, 5) is 1.58. The molecule has 0 aliphatic heterocycles. The Morgan fingerprint density at radius 1 is 1.41 bits per heavy atom. The Kier molecular flexibility index (Phi) is 3.08. The zero-order valence-electron chi connectivity index (χ0n) is 9.29. The van der Waals surface area contributed by atoms with E-state index in [1.807, 2.05) is 0 Å². The van der Waals surface area contributed by atoms with Crippen LogP contribution in [0.1, 0.15) is 23.6 Å². The van der Waals surface area contributed by atoms with Crippen molar-refractivity contribution in [2.75, 3.05) is 7.05 Å². The van der Waals surface area contributed by atoms with E-state index in [1.54, 1.807) is 17.9 Å². The molecule has 0 saturated carbocycles. The van der Waals surface area contributed by atoms with Gasteiger partial charge in [-0.15, -0.1) is 13.2 Å². The smallest absolute Gasteiger partial charge is 0.406 e. The van der Waals surface area contributed by atoms with Crippen LogP contribution in [0, 0.1) is 0 Å². The lowest BCUT2D eigenvalue weighted by molar-refractivity contribution is -0.274. The molecule has 17 heavy (non-hydrogen) atoms. The number of hydrogen-bond acceptors (Lipinski definition) is 2. The summed E-state index contributed by atoms with van der Waals surface area (Å²) in [6, 6.07) is 4.49. The Hall–Kier alpha value is -1.17. The molecule has 1 aliphatic carbocycles. The van der Waals surface area contributed by atoms with E-state index in [9.17, 15) is 13.2 Å². The number of alkyl halides is 3. The van der Waals surface area contributed by atoms with Gasteiger partial charge in [0, 0.05) is 6.04 Å². The topological polar surface area (TPSA) is 12.5 Å². The van der Waals surface area contributed by atoms with E-state index >= 15 is 0 Å². The van der Waals surface area contributed by atoms with Gasteiger partial charge in [-0.3, -0.25) is 0 Å². The second kappa shape index (κ2) is 4.25. The highest BCUT2D eigenvalue weighted by molar-refractivity contribution is 6.04. The summed E-state index contributed by atoms with van der Waals surface area (Å²) in [6.07, 6.45) is -3.11. The van der Waals surface area contributed by atoms with E-state index in [2.05, 4.69) is 4.74 Å². The molecule has 0 heterocycles. The van der Waals surface area contributed by atoms with Crippen LogP contribution < -0.4 is 4.74 Å². The van der Waals surface area contributed by atoms with Crippen LogP contribution in [0.2, 0.25) is 0 Å². The summed E-state index contributed by atoms with van der Waals surface area (Å²) in [7, 11) is 7.42. The molecule has 0 bridgehead atoms. The molecule has 6 heteroatoms. The Labute approximate surface area is 98.8 Å². The molecular weight excluding hydrogens is 230 g/mol. The second-order valence-corrected chi connectivity index (χ2v) is 4.13. The zero-order valence-corrected chi connectivity index (χ0v) is 9.29. The van der Waals surface area contributed by atoms with Crippen molar-refractivity contribution >= 4 is 7.98 Å². The Morgan fingerprint density at radius 3 is 2.71 bits per heavy atom. The first kappa shape index (κ1) is 12.3. The summed E-state index contributed by atoms with van der Waals surface area (Å²) < 4.78 is 40.0. The Bertz CT molecular complexity index is 420. The maximum absolute atomic E-state index is 12.0. The van der Waals surface area contributed by atoms with Gasteiger partial charge >= 0.3 is 6.36 Å². The van der Waals surface area contributed by atoms with Crippen LogP contribution in [-0.4, -0.2) is 26.2 Å². The van der Waals surface area contributed by atoms with Gasteiger partial charge in [0.25, 0.3) is 0 Å². The molecule has 0 saturated heterocycles. The molecule has 2 nitrogen and oxygen atoms in total. The molecule has 2 rings (SSSR count). The summed E-state index contributed by atoms with van der Waals surface area (Å²) in [5.41, 5.74) is 1.85. The number of halogens is 3. The average molecular weight is 241 g/mol. The van der Waals surface area contributed by atoms with Gasteiger partial charge in [0.15, 0.2) is 7.98 Å². The predicted molar refractivity (Wildman–Crippen MR) is 57.7 cm³/mol. The fourth-order valence-corrected chi connectivity index (χ4v) is 2.19. The fraction of sp³-hybridized carbons (Fsp3) is 0.455. The number of hydrogen-bond donors (Lipinski definition) is 0. The van der Waals surface area contributed by atoms with Gasteiger partial charge in [0.1, 0.15) is 5.75 Å². The molecule has 0 spiro atoms. The third-order valence-corrected chi connectivity index (χ3v) is 2.89. The van der Waals surface area contributed by atoms with Crippen LogP contribution in [0.15, 0.2) is 18.2 Å². The van der Waals surface area contributed by atoms with Gasteiger partial charge in [-0.2, -0.15) is 0 Å². The SMILES string of the molecule is [B]N(C)C1CCc2cc(OC(F)(F)F)ccc21. The average Bonchev–Trinajstić information content (AvgIpc) is 2.57. The van der Waals surface area contributed by atoms with Crippen LogP contribution in [0.4, 0.5) is 13.2 Å². The van der Waals surface area contributed by atoms with E-state index in [4.69, 9.17) is 7.98 Å². The van der Waals surface area contributed by atoms with Crippen molar-refractivity contribution in [2.24, 2.45) is 0 Å². The molecule has 0 aromatic heterocycles. The molecule has 2 radical (unpaired) electrons. The summed E-state index contributed by atoms with van der Waals surface area (Å²) >= 11 is 0. The Balaban J connectivity index is 2.23. The highest BCUT2D eigenvalue weighted by Gasteiger charge is 2.32. The Morgan fingerprint density at radius 2 is 2.12 bits per heavy atom. The minimum Gasteiger partial charge on any atom is -0.406 e. The first-order valence-corrected chi connectivity index (χ1v) is 5.23. The zero-order chi connectivity index (χ0) is 12.6. The normalized spacial score (nSPS) is 19.5. The standard InChI is InChI=1S/C11H11BF3NO/c1-16(12)10-5-2-7-6-8(3-4-9(7)10)17-11(13,14)15/h3-4,6,10H,2,5H2,1H3. The van der Waals surface area contributed by atoms with Gasteiger partial charge in [-0.05, 0) is 43.1 Å². The van der Waals surface area contributed by atoms with Crippen molar-refractivity contribution in [2.45, 2.75) is 25.2 Å². The van der Waals surface area contributed by atoms with Gasteiger partial charge in [-0.25, -0.2) is 0 Å². The van der Waals surface area contributed by atoms with Gasteiger partial charge in [0.05, 0.1) is 0 Å². The van der Waals surface area contributed by atoms with E-state index in [0.29, 0.717) is 0 Å². The highest BCUT2D eigenvalue weighted by atomic mass is 19.4. The molecule has 0 N–H and O–H groups in total. The molecule has 1 aromatic carbocycles. The van der Waals surface area contributed by atoms with E-state index in [1.165, 1.54) is 12.1 Å². The summed E-state index contributed by atoms with van der Waals surface area (Å²) in [5.74, 6) is -0.170. The fourth-order valence-electron chi connectivity index (χ4n) is 2.19. The van der Waals surface area contributed by atoms with Crippen LogP contribution in [0.3, 0.4) is 0 Å². The first-order chi connectivity index (χ1) is 7.87. The number of fused-ring (bicyclic) bond motifs is 1. The van der Waals surface area contributed by atoms with Crippen molar-refractivity contribution < 1.29 is 17.9 Å². The van der Waals surface area contributed by atoms with Crippen LogP contribution in [-0.2, 0) is 6.42 Å². The molecule has 1 aliphatic rings. The lowest BCUT2D eigenvalue weighted by atomic mass is 10.0. The highest BCUT2D eigenvalue weighted by Crippen LogP contribution is 2.37. The summed E-state index contributed by atoms with van der Waals surface area (Å²) in [6.45, 7) is 0. The lowest BCUT2D eigenvalue weighted by Gasteiger charge is -2.20. The van der Waals surface area contributed by atoms with Crippen molar-refractivity contribution in [3.05, 3.63) is 29.3 Å². The quantitative estimate of drug-likeness (QED) is 0.738. The molecule has 1 unspecified atom stereocenters. The lowest BCUT2D eigenvalue weighted by Crippen LogP contribution is -2.19. The predicted octanol–water partition coefficient (Wildman–Crippen LogP) is 2.59. The minimum absolute atomic E-state index is 0.0740. The van der Waals surface area contributed by atoms with Crippen molar-refractivity contribution in [3.63, 3.8) is 0 Å². The number of aryl methyl sites for hydroxylation is 1. The van der Waals surface area contributed by atoms with Gasteiger partial charge in [-0.1, -0.05) is 6.07 Å². The second-order valence-electron chi connectivity index (χ2n) is 4.13. The molecular formula is C11H11BF3NO. The van der Waals surface area contributed by atoms with E-state index < -0.39 is 6.36 Å². The molecule has 1 aromatic rings. The van der Waals surface area contributed by atoms with Crippen LogP contribution in [0.25, 0.3) is 0 Å². The molecule has 1 atom stereocenters. The molecule has 0 fully saturated rings. The molecule has 90 valence electrons. The monoisotopic (exact) mass is 241 g/mol. The minimum atomic E-state index is -4.64. The largest absolute Gasteiger partial charge is 0.573 e. The van der Waals surface area contributed by atoms with Crippen molar-refractivity contribution in [1.82, 2.24) is 4.81 Å². The number of ether oxygens (including phenoxy) is 1. The first-order valence-electron chi connectivity index (χ1n) is 5.23. The third-order valence-electron chi connectivity index (χ3n) is 2.89. The maximum Gasteiger partial charge on any atom is 0.573 e. The van der Waals surface area contributed by atoms with E-state index in [-0.39, 0.29) is 11.8 Å². The maximum atomic E-state index is 12.0. The van der Waals surface area contributed by atoms with Gasteiger partial charge < -0.3 is 9.55 Å². The van der Waals surface area contributed by atoms with Crippen molar-refractivity contribution in [1.29, 1.82) is 0 Å². The number of rotatable bonds is 2. The molecule has 0 amide bonds. The van der Waals surface area contributed by atoms with Crippen LogP contribution >= 0.6 is 0 Å². The summed E-state index contributed by atoms with van der Waals surface area (Å²) in [5, 5.41) is 0. The van der Waals surface area contributed by atoms with Gasteiger partial charge in [0.2, 0.25) is 0 Å². The number of benzene rings is 1. The third kappa shape index (κ3) is 2.75. The number of nitrogens with zero attached hydrogens (tertiary/aromatic N) is 1. The van der Waals surface area contributed by atoms with Crippen LogP contribution in [0.5, 0.6) is 5.75 Å². The van der Waals surface area contributed by atoms with E-state index in [0.717, 1.165) is 24.0 Å².